The van der Waals surface area contributed by atoms with Gasteiger partial charge in [0.1, 0.15) is 5.75 Å². The molecule has 1 aromatic carbocycles. The summed E-state index contributed by atoms with van der Waals surface area (Å²) >= 11 is 0. The van der Waals surface area contributed by atoms with E-state index in [0.29, 0.717) is 12.6 Å². The molecule has 0 aliphatic heterocycles. The third kappa shape index (κ3) is 4.17. The smallest absolute Gasteiger partial charge is 0.420 e. The lowest BCUT2D eigenvalue weighted by atomic mass is 10.1. The Morgan fingerprint density at radius 1 is 1.47 bits per heavy atom. The van der Waals surface area contributed by atoms with Crippen LogP contribution in [0.25, 0.3) is 0 Å². The van der Waals surface area contributed by atoms with Gasteiger partial charge < -0.3 is 10.1 Å². The quantitative estimate of drug-likeness (QED) is 0.912. The Morgan fingerprint density at radius 2 is 2.16 bits per heavy atom. The number of rotatable bonds is 4. The van der Waals surface area contributed by atoms with Crippen molar-refractivity contribution in [2.24, 2.45) is 0 Å². The van der Waals surface area contributed by atoms with Gasteiger partial charge >= 0.3 is 6.18 Å². The summed E-state index contributed by atoms with van der Waals surface area (Å²) < 4.78 is 43.1. The molecule has 0 aromatic heterocycles. The molecule has 1 rings (SSSR count). The standard InChI is InChI=1S/C12H11F3N2O2/c1-2-17-11(18)7-19-10-4-3-8(6-16)5-9(10)12(13,14)15/h3-5H,2,7H2,1H3,(H,17,18). The average molecular weight is 272 g/mol. The summed E-state index contributed by atoms with van der Waals surface area (Å²) in [4.78, 5) is 11.1. The fourth-order valence-corrected chi connectivity index (χ4v) is 1.34. The zero-order chi connectivity index (χ0) is 14.5. The lowest BCUT2D eigenvalue weighted by Crippen LogP contribution is -2.28. The van der Waals surface area contributed by atoms with E-state index in [0.717, 1.165) is 6.07 Å². The summed E-state index contributed by atoms with van der Waals surface area (Å²) in [7, 11) is 0. The second-order valence-electron chi connectivity index (χ2n) is 3.56. The van der Waals surface area contributed by atoms with Crippen molar-refractivity contribution in [1.82, 2.24) is 5.32 Å². The van der Waals surface area contributed by atoms with Crippen molar-refractivity contribution in [1.29, 1.82) is 5.26 Å². The van der Waals surface area contributed by atoms with Crippen LogP contribution >= 0.6 is 0 Å². The van der Waals surface area contributed by atoms with E-state index in [-0.39, 0.29) is 5.56 Å². The number of nitrogens with one attached hydrogen (secondary N) is 1. The number of hydrogen-bond acceptors (Lipinski definition) is 3. The molecule has 19 heavy (non-hydrogen) atoms. The summed E-state index contributed by atoms with van der Waals surface area (Å²) in [6.45, 7) is 1.53. The zero-order valence-corrected chi connectivity index (χ0v) is 10.0. The van der Waals surface area contributed by atoms with E-state index < -0.39 is 30.0 Å². The molecule has 7 heteroatoms. The lowest BCUT2D eigenvalue weighted by Gasteiger charge is -2.13. The SMILES string of the molecule is CCNC(=O)COc1ccc(C#N)cc1C(F)(F)F. The molecule has 1 amide bonds. The Morgan fingerprint density at radius 3 is 2.68 bits per heavy atom. The second-order valence-corrected chi connectivity index (χ2v) is 3.56. The maximum absolute atomic E-state index is 12.7. The minimum atomic E-state index is -4.65. The lowest BCUT2D eigenvalue weighted by molar-refractivity contribution is -0.139. The summed E-state index contributed by atoms with van der Waals surface area (Å²) in [6.07, 6.45) is -4.65. The van der Waals surface area contributed by atoms with Gasteiger partial charge in [-0.3, -0.25) is 4.79 Å². The molecule has 0 unspecified atom stereocenters. The van der Waals surface area contributed by atoms with Gasteiger partial charge in [-0.15, -0.1) is 0 Å². The number of alkyl halides is 3. The molecule has 0 bridgehead atoms. The normalized spacial score (nSPS) is 10.7. The molecule has 0 aliphatic carbocycles. The Hall–Kier alpha value is -2.23. The van der Waals surface area contributed by atoms with Crippen LogP contribution in [0.4, 0.5) is 13.2 Å². The van der Waals surface area contributed by atoms with E-state index in [1.165, 1.54) is 6.07 Å². The highest BCUT2D eigenvalue weighted by molar-refractivity contribution is 5.77. The van der Waals surface area contributed by atoms with Gasteiger partial charge in [-0.25, -0.2) is 0 Å². The van der Waals surface area contributed by atoms with Crippen LogP contribution in [-0.2, 0) is 11.0 Å². The number of nitriles is 1. The van der Waals surface area contributed by atoms with Crippen molar-refractivity contribution in [2.75, 3.05) is 13.2 Å². The Labute approximate surface area is 107 Å². The largest absolute Gasteiger partial charge is 0.483 e. The molecule has 1 N–H and O–H groups in total. The molecule has 0 aliphatic rings. The van der Waals surface area contributed by atoms with E-state index in [9.17, 15) is 18.0 Å². The minimum Gasteiger partial charge on any atom is -0.483 e. The second kappa shape index (κ2) is 6.09. The molecular formula is C12H11F3N2O2. The van der Waals surface area contributed by atoms with Crippen LogP contribution in [0, 0.1) is 11.3 Å². The van der Waals surface area contributed by atoms with Gasteiger partial charge in [0.05, 0.1) is 17.2 Å². The number of benzene rings is 1. The molecule has 0 heterocycles. The average Bonchev–Trinajstić information content (AvgIpc) is 2.35. The molecule has 0 spiro atoms. The molecule has 0 radical (unpaired) electrons. The number of ether oxygens (including phenoxy) is 1. The summed E-state index contributed by atoms with van der Waals surface area (Å²) in [5.41, 5.74) is -1.20. The van der Waals surface area contributed by atoms with Crippen molar-refractivity contribution in [3.8, 4) is 11.8 Å². The first-order chi connectivity index (χ1) is 8.88. The topological polar surface area (TPSA) is 62.1 Å². The van der Waals surface area contributed by atoms with Crippen molar-refractivity contribution in [2.45, 2.75) is 13.1 Å². The number of hydrogen-bond donors (Lipinski definition) is 1. The predicted octanol–water partition coefficient (Wildman–Crippen LogP) is 2.09. The van der Waals surface area contributed by atoms with E-state index in [1.54, 1.807) is 13.0 Å². The minimum absolute atomic E-state index is 0.127. The maximum Gasteiger partial charge on any atom is 0.420 e. The van der Waals surface area contributed by atoms with Crippen LogP contribution in [0.3, 0.4) is 0 Å². The van der Waals surface area contributed by atoms with E-state index in [2.05, 4.69) is 5.32 Å². The Bertz CT molecular complexity index is 507. The van der Waals surface area contributed by atoms with Gasteiger partial charge in [0.15, 0.2) is 6.61 Å². The number of halogens is 3. The third-order valence-electron chi connectivity index (χ3n) is 2.15. The highest BCUT2D eigenvalue weighted by Crippen LogP contribution is 2.36. The fourth-order valence-electron chi connectivity index (χ4n) is 1.34. The predicted molar refractivity (Wildman–Crippen MR) is 60.3 cm³/mol. The summed E-state index contributed by atoms with van der Waals surface area (Å²) in [5.74, 6) is -0.988. The molecule has 0 saturated heterocycles. The number of amides is 1. The molecule has 4 nitrogen and oxygen atoms in total. The first-order valence-electron chi connectivity index (χ1n) is 5.39. The van der Waals surface area contributed by atoms with Crippen molar-refractivity contribution < 1.29 is 22.7 Å². The first-order valence-corrected chi connectivity index (χ1v) is 5.39. The van der Waals surface area contributed by atoms with Crippen LogP contribution in [-0.4, -0.2) is 19.1 Å². The maximum atomic E-state index is 12.7. The first kappa shape index (κ1) is 14.8. The number of nitrogens with zero attached hydrogens (tertiary/aromatic N) is 1. The Balaban J connectivity index is 2.95. The molecule has 102 valence electrons. The van der Waals surface area contributed by atoms with Gasteiger partial charge in [-0.05, 0) is 25.1 Å². The zero-order valence-electron chi connectivity index (χ0n) is 10.0. The fraction of sp³-hybridized carbons (Fsp3) is 0.333. The summed E-state index contributed by atoms with van der Waals surface area (Å²) in [5, 5.41) is 11.0. The third-order valence-corrected chi connectivity index (χ3v) is 2.15. The van der Waals surface area contributed by atoms with Crippen molar-refractivity contribution >= 4 is 5.91 Å². The highest BCUT2D eigenvalue weighted by atomic mass is 19.4. The monoisotopic (exact) mass is 272 g/mol. The molecule has 0 atom stereocenters. The molecular weight excluding hydrogens is 261 g/mol. The van der Waals surface area contributed by atoms with Crippen molar-refractivity contribution in [3.05, 3.63) is 29.3 Å². The van der Waals surface area contributed by atoms with Crippen molar-refractivity contribution in [3.63, 3.8) is 0 Å². The van der Waals surface area contributed by atoms with Crippen LogP contribution in [0.5, 0.6) is 5.75 Å². The van der Waals surface area contributed by atoms with Crippen LogP contribution in [0.1, 0.15) is 18.1 Å². The molecule has 0 fully saturated rings. The Kier molecular flexibility index (Phi) is 4.75. The van der Waals surface area contributed by atoms with E-state index in [4.69, 9.17) is 10.00 Å². The summed E-state index contributed by atoms with van der Waals surface area (Å²) in [6, 6.07) is 4.53. The van der Waals surface area contributed by atoms with E-state index in [1.807, 2.05) is 0 Å². The van der Waals surface area contributed by atoms with Gasteiger partial charge in [0.2, 0.25) is 0 Å². The van der Waals surface area contributed by atoms with Gasteiger partial charge in [-0.2, -0.15) is 18.4 Å². The van der Waals surface area contributed by atoms with Gasteiger partial charge in [-0.1, -0.05) is 0 Å². The van der Waals surface area contributed by atoms with Crippen LogP contribution in [0.2, 0.25) is 0 Å². The highest BCUT2D eigenvalue weighted by Gasteiger charge is 2.34. The van der Waals surface area contributed by atoms with Crippen LogP contribution < -0.4 is 10.1 Å². The van der Waals surface area contributed by atoms with Gasteiger partial charge in [0.25, 0.3) is 5.91 Å². The van der Waals surface area contributed by atoms with Gasteiger partial charge in [0, 0.05) is 6.54 Å². The number of likely N-dealkylation sites (N-methyl/N-ethyl adjacent to an activating group) is 1. The number of carbonyl (C=O) groups excluding carboxylic acids is 1. The molecule has 1 aromatic rings. The number of carbonyl (C=O) groups is 1. The van der Waals surface area contributed by atoms with E-state index >= 15 is 0 Å². The van der Waals surface area contributed by atoms with Crippen LogP contribution in [0.15, 0.2) is 18.2 Å². The molecule has 0 saturated carbocycles.